The van der Waals surface area contributed by atoms with Crippen LogP contribution in [0.4, 0.5) is 24.7 Å². The molecule has 0 aliphatic rings. The quantitative estimate of drug-likeness (QED) is 0.147. The fourth-order valence-electron chi connectivity index (χ4n) is 2.91. The SMILES string of the molecule is Cc1ccc(C(CC(=O)O)NC(=O)CNC(=O)CCCNc2ccccn2)cc1[N+](=O)[O-].O=C(O)C(F)(F)F. The van der Waals surface area contributed by atoms with Crippen molar-refractivity contribution < 1.29 is 47.5 Å². The molecule has 16 heteroatoms. The molecule has 5 N–H and O–H groups in total. The van der Waals surface area contributed by atoms with Crippen LogP contribution in [-0.2, 0) is 19.2 Å². The number of carboxylic acids is 2. The van der Waals surface area contributed by atoms with Crippen LogP contribution in [0.5, 0.6) is 0 Å². The summed E-state index contributed by atoms with van der Waals surface area (Å²) >= 11 is 0. The van der Waals surface area contributed by atoms with E-state index in [0.29, 0.717) is 29.9 Å². The lowest BCUT2D eigenvalue weighted by atomic mass is 10.0. The monoisotopic (exact) mass is 557 g/mol. The molecule has 1 aromatic carbocycles. The number of carboxylic acid groups (broad SMARTS) is 2. The highest BCUT2D eigenvalue weighted by Gasteiger charge is 2.38. The van der Waals surface area contributed by atoms with Gasteiger partial charge in [-0.2, -0.15) is 13.2 Å². The minimum absolute atomic E-state index is 0.167. The Morgan fingerprint density at radius 2 is 1.77 bits per heavy atom. The Labute approximate surface area is 219 Å². The van der Waals surface area contributed by atoms with Crippen molar-refractivity contribution >= 4 is 35.3 Å². The van der Waals surface area contributed by atoms with Gasteiger partial charge in [-0.1, -0.05) is 18.2 Å². The Morgan fingerprint density at radius 1 is 1.10 bits per heavy atom. The number of amides is 2. The minimum Gasteiger partial charge on any atom is -0.481 e. The van der Waals surface area contributed by atoms with E-state index in [4.69, 9.17) is 15.0 Å². The highest BCUT2D eigenvalue weighted by atomic mass is 19.4. The molecule has 212 valence electrons. The molecule has 1 aromatic heterocycles. The van der Waals surface area contributed by atoms with Crippen molar-refractivity contribution in [3.05, 3.63) is 63.8 Å². The first-order chi connectivity index (χ1) is 18.2. The Kier molecular flexibility index (Phi) is 12.8. The number of aryl methyl sites for hydroxylation is 1. The number of rotatable bonds is 12. The number of nitrogens with zero attached hydrogens (tertiary/aromatic N) is 2. The average molecular weight is 557 g/mol. The van der Waals surface area contributed by atoms with Gasteiger partial charge in [-0.3, -0.25) is 24.5 Å². The maximum atomic E-state index is 12.2. The van der Waals surface area contributed by atoms with Crippen molar-refractivity contribution in [3.63, 3.8) is 0 Å². The summed E-state index contributed by atoms with van der Waals surface area (Å²) in [5.74, 6) is -4.16. The van der Waals surface area contributed by atoms with E-state index in [9.17, 15) is 37.7 Å². The van der Waals surface area contributed by atoms with E-state index in [2.05, 4.69) is 20.9 Å². The highest BCUT2D eigenvalue weighted by Crippen LogP contribution is 2.25. The topological polar surface area (TPSA) is 201 Å². The first-order valence-electron chi connectivity index (χ1n) is 11.2. The van der Waals surface area contributed by atoms with Crippen LogP contribution in [-0.4, -0.2) is 63.1 Å². The van der Waals surface area contributed by atoms with Gasteiger partial charge >= 0.3 is 18.1 Å². The standard InChI is InChI=1S/C21H25N5O6.C2HF3O2/c1-14-7-8-15(11-17(14)26(31)32)16(12-21(29)30)25-20(28)13-24-19(27)6-4-10-23-18-5-2-3-9-22-18;3-2(4,5)1(6)7/h2-3,5,7-9,11,16H,4,6,10,12-13H2,1H3,(H,22,23)(H,24,27)(H,25,28)(H,29,30);(H,6,7). The van der Waals surface area contributed by atoms with Gasteiger partial charge < -0.3 is 26.2 Å². The molecule has 0 aliphatic carbocycles. The number of hydrogen-bond donors (Lipinski definition) is 5. The predicted molar refractivity (Wildman–Crippen MR) is 130 cm³/mol. The molecule has 2 rings (SSSR count). The summed E-state index contributed by atoms with van der Waals surface area (Å²) in [7, 11) is 0. The zero-order valence-corrected chi connectivity index (χ0v) is 20.5. The number of alkyl halides is 3. The molecule has 39 heavy (non-hydrogen) atoms. The Bertz CT molecular complexity index is 1160. The number of nitrogens with one attached hydrogen (secondary N) is 3. The van der Waals surface area contributed by atoms with E-state index >= 15 is 0 Å². The number of pyridine rings is 1. The second kappa shape index (κ2) is 15.5. The summed E-state index contributed by atoms with van der Waals surface area (Å²) in [5, 5.41) is 35.5. The molecule has 0 spiro atoms. The fraction of sp³-hybridized carbons (Fsp3) is 0.348. The number of aliphatic carboxylic acids is 2. The first-order valence-corrected chi connectivity index (χ1v) is 11.2. The van der Waals surface area contributed by atoms with E-state index in [1.165, 1.54) is 18.2 Å². The molecule has 0 bridgehead atoms. The summed E-state index contributed by atoms with van der Waals surface area (Å²) in [6, 6.07) is 8.74. The van der Waals surface area contributed by atoms with Crippen LogP contribution in [0.3, 0.4) is 0 Å². The number of nitro benzene ring substituents is 1. The molecule has 0 saturated carbocycles. The van der Waals surface area contributed by atoms with E-state index in [1.54, 1.807) is 25.3 Å². The van der Waals surface area contributed by atoms with Crippen molar-refractivity contribution in [1.82, 2.24) is 15.6 Å². The zero-order valence-electron chi connectivity index (χ0n) is 20.5. The van der Waals surface area contributed by atoms with Gasteiger partial charge in [0.1, 0.15) is 5.82 Å². The smallest absolute Gasteiger partial charge is 0.481 e. The molecule has 0 fully saturated rings. The van der Waals surface area contributed by atoms with Gasteiger partial charge in [0.15, 0.2) is 0 Å². The highest BCUT2D eigenvalue weighted by molar-refractivity contribution is 5.85. The summed E-state index contributed by atoms with van der Waals surface area (Å²) < 4.78 is 31.7. The maximum Gasteiger partial charge on any atom is 0.490 e. The van der Waals surface area contributed by atoms with Gasteiger partial charge in [-0.25, -0.2) is 9.78 Å². The summed E-state index contributed by atoms with van der Waals surface area (Å²) in [6.45, 7) is 1.76. The number of carbonyl (C=O) groups is 4. The lowest BCUT2D eigenvalue weighted by molar-refractivity contribution is -0.385. The zero-order chi connectivity index (χ0) is 29.6. The van der Waals surface area contributed by atoms with Crippen LogP contribution < -0.4 is 16.0 Å². The number of hydrogen-bond acceptors (Lipinski definition) is 8. The van der Waals surface area contributed by atoms with Gasteiger partial charge in [0.25, 0.3) is 5.69 Å². The predicted octanol–water partition coefficient (Wildman–Crippen LogP) is 2.57. The third-order valence-electron chi connectivity index (χ3n) is 4.79. The fourth-order valence-corrected chi connectivity index (χ4v) is 2.91. The Balaban J connectivity index is 0.000000956. The van der Waals surface area contributed by atoms with Gasteiger partial charge in [0.2, 0.25) is 11.8 Å². The van der Waals surface area contributed by atoms with Crippen LogP contribution in [0.25, 0.3) is 0 Å². The van der Waals surface area contributed by atoms with Crippen LogP contribution >= 0.6 is 0 Å². The third kappa shape index (κ3) is 12.9. The summed E-state index contributed by atoms with van der Waals surface area (Å²) in [4.78, 5) is 59.0. The molecular formula is C23H26F3N5O8. The number of halogens is 3. The molecule has 0 radical (unpaired) electrons. The Hall–Kier alpha value is -4.76. The van der Waals surface area contributed by atoms with E-state index in [0.717, 1.165) is 0 Å². The van der Waals surface area contributed by atoms with Crippen molar-refractivity contribution in [3.8, 4) is 0 Å². The summed E-state index contributed by atoms with van der Waals surface area (Å²) in [5.41, 5.74) is 0.550. The lowest BCUT2D eigenvalue weighted by Gasteiger charge is -2.18. The lowest BCUT2D eigenvalue weighted by Crippen LogP contribution is -2.39. The van der Waals surface area contributed by atoms with Gasteiger partial charge in [-0.15, -0.1) is 0 Å². The molecule has 0 aliphatic heterocycles. The number of nitro groups is 1. The molecule has 1 heterocycles. The van der Waals surface area contributed by atoms with E-state index in [-0.39, 0.29) is 24.6 Å². The van der Waals surface area contributed by atoms with Crippen LogP contribution in [0.2, 0.25) is 0 Å². The molecule has 1 unspecified atom stereocenters. The van der Waals surface area contributed by atoms with Crippen LogP contribution in [0.15, 0.2) is 42.6 Å². The van der Waals surface area contributed by atoms with Crippen molar-refractivity contribution in [2.24, 2.45) is 0 Å². The normalized spacial score (nSPS) is 11.3. The van der Waals surface area contributed by atoms with Crippen LogP contribution in [0, 0.1) is 17.0 Å². The van der Waals surface area contributed by atoms with Gasteiger partial charge in [-0.05, 0) is 31.0 Å². The second-order valence-corrected chi connectivity index (χ2v) is 7.85. The molecule has 0 saturated heterocycles. The summed E-state index contributed by atoms with van der Waals surface area (Å²) in [6.07, 6.45) is -3.17. The van der Waals surface area contributed by atoms with Crippen molar-refractivity contribution in [1.29, 1.82) is 0 Å². The molecule has 2 aromatic rings. The largest absolute Gasteiger partial charge is 0.490 e. The third-order valence-corrected chi connectivity index (χ3v) is 4.79. The molecule has 1 atom stereocenters. The molecule has 13 nitrogen and oxygen atoms in total. The number of anilines is 1. The van der Waals surface area contributed by atoms with Crippen molar-refractivity contribution in [2.75, 3.05) is 18.4 Å². The number of aromatic nitrogens is 1. The number of benzene rings is 1. The van der Waals surface area contributed by atoms with Gasteiger partial charge in [0, 0.05) is 30.8 Å². The van der Waals surface area contributed by atoms with E-state index < -0.39 is 41.4 Å². The first kappa shape index (κ1) is 32.3. The average Bonchev–Trinajstić information content (AvgIpc) is 2.85. The minimum atomic E-state index is -5.08. The molecular weight excluding hydrogens is 531 g/mol. The second-order valence-electron chi connectivity index (χ2n) is 7.85. The number of carbonyl (C=O) groups excluding carboxylic acids is 2. The Morgan fingerprint density at radius 3 is 2.31 bits per heavy atom. The molecule has 2 amide bonds. The van der Waals surface area contributed by atoms with Crippen molar-refractivity contribution in [2.45, 2.75) is 38.4 Å². The maximum absolute atomic E-state index is 12.2. The van der Waals surface area contributed by atoms with Crippen LogP contribution in [0.1, 0.15) is 36.4 Å². The van der Waals surface area contributed by atoms with E-state index in [1.807, 2.05) is 6.07 Å². The van der Waals surface area contributed by atoms with Gasteiger partial charge in [0.05, 0.1) is 23.9 Å².